The molecule has 0 radical (unpaired) electrons. The molecule has 0 bridgehead atoms. The van der Waals surface area contributed by atoms with E-state index in [1.807, 2.05) is 25.1 Å². The Bertz CT molecular complexity index is 662. The molecule has 2 N–H and O–H groups in total. The SMILES string of the molecule is Cc1ccccc1NC(=O)NCCOc1ccc(F)cc1F. The molecule has 0 unspecified atom stereocenters. The number of rotatable bonds is 5. The largest absolute Gasteiger partial charge is 0.489 e. The Morgan fingerprint density at radius 2 is 1.95 bits per heavy atom. The fourth-order valence-electron chi connectivity index (χ4n) is 1.80. The van der Waals surface area contributed by atoms with Gasteiger partial charge < -0.3 is 15.4 Å². The summed E-state index contributed by atoms with van der Waals surface area (Å²) in [7, 11) is 0. The summed E-state index contributed by atoms with van der Waals surface area (Å²) < 4.78 is 31.2. The number of hydrogen-bond donors (Lipinski definition) is 2. The zero-order valence-electron chi connectivity index (χ0n) is 12.0. The summed E-state index contributed by atoms with van der Waals surface area (Å²) in [6, 6.07) is 10.1. The smallest absolute Gasteiger partial charge is 0.319 e. The number of nitrogens with one attached hydrogen (secondary N) is 2. The maximum Gasteiger partial charge on any atom is 0.319 e. The van der Waals surface area contributed by atoms with Gasteiger partial charge in [-0.2, -0.15) is 0 Å². The lowest BCUT2D eigenvalue weighted by atomic mass is 10.2. The van der Waals surface area contributed by atoms with Crippen LogP contribution in [0, 0.1) is 18.6 Å². The van der Waals surface area contributed by atoms with Crippen molar-refractivity contribution in [2.45, 2.75) is 6.92 Å². The first kappa shape index (κ1) is 15.8. The highest BCUT2D eigenvalue weighted by Gasteiger charge is 2.06. The average Bonchev–Trinajstić information content (AvgIpc) is 2.48. The molecule has 4 nitrogen and oxygen atoms in total. The van der Waals surface area contributed by atoms with E-state index >= 15 is 0 Å². The van der Waals surface area contributed by atoms with Crippen LogP contribution in [0.25, 0.3) is 0 Å². The molecule has 0 aliphatic rings. The monoisotopic (exact) mass is 306 g/mol. The molecule has 0 aliphatic carbocycles. The zero-order valence-corrected chi connectivity index (χ0v) is 12.0. The van der Waals surface area contributed by atoms with E-state index in [0.29, 0.717) is 5.69 Å². The number of ether oxygens (including phenoxy) is 1. The van der Waals surface area contributed by atoms with Gasteiger partial charge in [-0.3, -0.25) is 0 Å². The van der Waals surface area contributed by atoms with Crippen molar-refractivity contribution in [3.05, 3.63) is 59.7 Å². The molecule has 2 aromatic rings. The third-order valence-corrected chi connectivity index (χ3v) is 2.93. The van der Waals surface area contributed by atoms with Crippen molar-refractivity contribution in [2.24, 2.45) is 0 Å². The van der Waals surface area contributed by atoms with Crippen LogP contribution >= 0.6 is 0 Å². The van der Waals surface area contributed by atoms with Crippen LogP contribution in [-0.4, -0.2) is 19.2 Å². The van der Waals surface area contributed by atoms with Crippen LogP contribution in [0.3, 0.4) is 0 Å². The van der Waals surface area contributed by atoms with Gasteiger partial charge in [0.1, 0.15) is 12.4 Å². The van der Waals surface area contributed by atoms with Gasteiger partial charge in [-0.05, 0) is 30.7 Å². The van der Waals surface area contributed by atoms with Gasteiger partial charge in [0, 0.05) is 11.8 Å². The van der Waals surface area contributed by atoms with Gasteiger partial charge in [-0.15, -0.1) is 0 Å². The minimum absolute atomic E-state index is 0.0532. The van der Waals surface area contributed by atoms with Crippen molar-refractivity contribution in [2.75, 3.05) is 18.5 Å². The summed E-state index contributed by atoms with van der Waals surface area (Å²) in [6.45, 7) is 2.15. The van der Waals surface area contributed by atoms with Gasteiger partial charge in [0.25, 0.3) is 0 Å². The Balaban J connectivity index is 1.74. The molecule has 0 fully saturated rings. The fraction of sp³-hybridized carbons (Fsp3) is 0.188. The Kier molecular flexibility index (Phi) is 5.30. The molecule has 2 rings (SSSR count). The number of anilines is 1. The lowest BCUT2D eigenvalue weighted by Crippen LogP contribution is -2.32. The Labute approximate surface area is 127 Å². The predicted octanol–water partition coefficient (Wildman–Crippen LogP) is 3.47. The van der Waals surface area contributed by atoms with Gasteiger partial charge in [0.05, 0.1) is 6.54 Å². The molecular formula is C16H16F2N2O2. The van der Waals surface area contributed by atoms with Crippen LogP contribution in [0.15, 0.2) is 42.5 Å². The third-order valence-electron chi connectivity index (χ3n) is 2.93. The lowest BCUT2D eigenvalue weighted by molar-refractivity contribution is 0.246. The normalized spacial score (nSPS) is 10.1. The van der Waals surface area contributed by atoms with Gasteiger partial charge in [0.2, 0.25) is 0 Å². The third kappa shape index (κ3) is 4.44. The van der Waals surface area contributed by atoms with Crippen molar-refractivity contribution in [1.29, 1.82) is 0 Å². The first-order valence-electron chi connectivity index (χ1n) is 6.74. The van der Waals surface area contributed by atoms with Crippen LogP contribution in [0.2, 0.25) is 0 Å². The van der Waals surface area contributed by atoms with E-state index in [-0.39, 0.29) is 24.9 Å². The summed E-state index contributed by atoms with van der Waals surface area (Å²) >= 11 is 0. The molecule has 0 spiro atoms. The quantitative estimate of drug-likeness (QED) is 0.831. The second-order valence-corrected chi connectivity index (χ2v) is 4.62. The summed E-state index contributed by atoms with van der Waals surface area (Å²) in [6.07, 6.45) is 0. The minimum Gasteiger partial charge on any atom is -0.489 e. The van der Waals surface area contributed by atoms with E-state index in [4.69, 9.17) is 4.74 Å². The van der Waals surface area contributed by atoms with Crippen molar-refractivity contribution < 1.29 is 18.3 Å². The maximum absolute atomic E-state index is 13.3. The van der Waals surface area contributed by atoms with Crippen LogP contribution in [-0.2, 0) is 0 Å². The molecule has 2 aromatic carbocycles. The number of benzene rings is 2. The fourth-order valence-corrected chi connectivity index (χ4v) is 1.80. The van der Waals surface area contributed by atoms with E-state index in [9.17, 15) is 13.6 Å². The second-order valence-electron chi connectivity index (χ2n) is 4.62. The highest BCUT2D eigenvalue weighted by atomic mass is 19.1. The number of para-hydroxylation sites is 1. The van der Waals surface area contributed by atoms with Gasteiger partial charge in [-0.25, -0.2) is 13.6 Å². The maximum atomic E-state index is 13.3. The topological polar surface area (TPSA) is 50.4 Å². The molecule has 0 aromatic heterocycles. The van der Waals surface area contributed by atoms with Gasteiger partial charge in [-0.1, -0.05) is 18.2 Å². The first-order chi connectivity index (χ1) is 10.6. The number of urea groups is 1. The number of halogens is 2. The zero-order chi connectivity index (χ0) is 15.9. The highest BCUT2D eigenvalue weighted by molar-refractivity contribution is 5.89. The first-order valence-corrected chi connectivity index (χ1v) is 6.74. The summed E-state index contributed by atoms with van der Waals surface area (Å²) in [4.78, 5) is 11.7. The number of amides is 2. The van der Waals surface area contributed by atoms with Crippen molar-refractivity contribution in [1.82, 2.24) is 5.32 Å². The standard InChI is InChI=1S/C16H16F2N2O2/c1-11-4-2-3-5-14(11)20-16(21)19-8-9-22-15-7-6-12(17)10-13(15)18/h2-7,10H,8-9H2,1H3,(H2,19,20,21). The van der Waals surface area contributed by atoms with E-state index in [1.165, 1.54) is 6.07 Å². The van der Waals surface area contributed by atoms with E-state index in [1.54, 1.807) is 6.07 Å². The van der Waals surface area contributed by atoms with Gasteiger partial charge >= 0.3 is 6.03 Å². The van der Waals surface area contributed by atoms with Crippen LogP contribution in [0.5, 0.6) is 5.75 Å². The van der Waals surface area contributed by atoms with E-state index < -0.39 is 11.6 Å². The molecule has 116 valence electrons. The Morgan fingerprint density at radius 3 is 2.68 bits per heavy atom. The van der Waals surface area contributed by atoms with E-state index in [2.05, 4.69) is 10.6 Å². The molecule has 0 saturated carbocycles. The Morgan fingerprint density at radius 1 is 1.18 bits per heavy atom. The number of hydrogen-bond acceptors (Lipinski definition) is 2. The molecule has 6 heteroatoms. The van der Waals surface area contributed by atoms with Crippen LogP contribution in [0.1, 0.15) is 5.56 Å². The Hall–Kier alpha value is -2.63. The van der Waals surface area contributed by atoms with Crippen LogP contribution in [0.4, 0.5) is 19.3 Å². The predicted molar refractivity (Wildman–Crippen MR) is 80.1 cm³/mol. The molecule has 22 heavy (non-hydrogen) atoms. The van der Waals surface area contributed by atoms with E-state index in [0.717, 1.165) is 17.7 Å². The second kappa shape index (κ2) is 7.40. The number of carbonyl (C=O) groups is 1. The molecule has 0 heterocycles. The van der Waals surface area contributed by atoms with Crippen molar-refractivity contribution >= 4 is 11.7 Å². The highest BCUT2D eigenvalue weighted by Crippen LogP contribution is 2.17. The minimum atomic E-state index is -0.774. The molecule has 2 amide bonds. The lowest BCUT2D eigenvalue weighted by Gasteiger charge is -2.10. The van der Waals surface area contributed by atoms with Crippen LogP contribution < -0.4 is 15.4 Å². The summed E-state index contributed by atoms with van der Waals surface area (Å²) in [5, 5.41) is 5.29. The molecule has 0 saturated heterocycles. The average molecular weight is 306 g/mol. The molecule has 0 aliphatic heterocycles. The summed E-state index contributed by atoms with van der Waals surface area (Å²) in [5.74, 6) is -1.49. The molecule has 0 atom stereocenters. The van der Waals surface area contributed by atoms with Crippen molar-refractivity contribution in [3.8, 4) is 5.75 Å². The summed E-state index contributed by atoms with van der Waals surface area (Å²) in [5.41, 5.74) is 1.66. The van der Waals surface area contributed by atoms with Crippen molar-refractivity contribution in [3.63, 3.8) is 0 Å². The number of carbonyl (C=O) groups excluding carboxylic acids is 1. The molecular weight excluding hydrogens is 290 g/mol. The number of aryl methyl sites for hydroxylation is 1. The van der Waals surface area contributed by atoms with Gasteiger partial charge in [0.15, 0.2) is 11.6 Å².